The van der Waals surface area contributed by atoms with Gasteiger partial charge in [-0.3, -0.25) is 0 Å². The Morgan fingerprint density at radius 2 is 1.95 bits per heavy atom. The molecule has 0 atom stereocenters. The number of unbranched alkanes of at least 4 members (excludes halogenated alkanes) is 2. The molecule has 0 saturated heterocycles. The highest BCUT2D eigenvalue weighted by Crippen LogP contribution is 2.17. The van der Waals surface area contributed by atoms with E-state index >= 15 is 0 Å². The molecule has 0 unspecified atom stereocenters. The van der Waals surface area contributed by atoms with E-state index in [1.165, 1.54) is 0 Å². The fourth-order valence-electron chi connectivity index (χ4n) is 1.79. The van der Waals surface area contributed by atoms with Crippen LogP contribution in [-0.4, -0.2) is 21.9 Å². The summed E-state index contributed by atoms with van der Waals surface area (Å²) >= 11 is 1.98. The summed E-state index contributed by atoms with van der Waals surface area (Å²) in [5.74, 6) is 9.23. The van der Waals surface area contributed by atoms with Gasteiger partial charge in [-0.05, 0) is 28.8 Å². The molecule has 1 aromatic heterocycles. The molecule has 0 amide bonds. The lowest BCUT2D eigenvalue weighted by Crippen LogP contribution is -1.95. The highest BCUT2D eigenvalue weighted by Gasteiger charge is 2.06. The summed E-state index contributed by atoms with van der Waals surface area (Å²) in [6.45, 7) is 0.215. The molecule has 3 nitrogen and oxygen atoms in total. The van der Waals surface area contributed by atoms with Crippen LogP contribution in [0.3, 0.4) is 0 Å². The van der Waals surface area contributed by atoms with Gasteiger partial charge in [0.15, 0.2) is 5.69 Å². The Balaban J connectivity index is 2.41. The average Bonchev–Trinajstić information content (AvgIpc) is 2.49. The van der Waals surface area contributed by atoms with Gasteiger partial charge in [-0.15, -0.1) is 10.2 Å². The van der Waals surface area contributed by atoms with Crippen molar-refractivity contribution in [3.8, 4) is 21.7 Å². The zero-order valence-electron chi connectivity index (χ0n) is 10.9. The lowest BCUT2D eigenvalue weighted by atomic mass is 10.1. The Bertz CT molecular complexity index is 720. The van der Waals surface area contributed by atoms with Crippen LogP contribution in [0.4, 0.5) is 0 Å². The lowest BCUT2D eigenvalue weighted by molar-refractivity contribution is 0.285. The van der Waals surface area contributed by atoms with Crippen molar-refractivity contribution in [3.63, 3.8) is 0 Å². The summed E-state index contributed by atoms with van der Waals surface area (Å²) in [5, 5.41) is 18.0. The van der Waals surface area contributed by atoms with Crippen molar-refractivity contribution in [2.45, 2.75) is 19.3 Å². The van der Waals surface area contributed by atoms with E-state index < -0.39 is 0 Å². The Morgan fingerprint density at radius 3 is 2.75 bits per heavy atom. The summed E-state index contributed by atoms with van der Waals surface area (Å²) < 4.78 is 2.82. The molecule has 0 spiro atoms. The molecule has 1 aromatic carbocycles. The van der Waals surface area contributed by atoms with Crippen LogP contribution in [0, 0.1) is 21.7 Å². The van der Waals surface area contributed by atoms with Gasteiger partial charge in [0.05, 0.1) is 11.1 Å². The molecule has 0 aliphatic heterocycles. The molecule has 100 valence electrons. The maximum Gasteiger partial charge on any atom is 0.152 e. The average molecular weight is 376 g/mol. The topological polar surface area (TPSA) is 46.0 Å². The molecule has 2 aromatic rings. The number of hydrogen-bond donors (Lipinski definition) is 1. The van der Waals surface area contributed by atoms with Crippen molar-refractivity contribution in [2.75, 3.05) is 6.61 Å². The molecule has 1 N–H and O–H groups in total. The van der Waals surface area contributed by atoms with Crippen LogP contribution in [0.5, 0.6) is 0 Å². The molecule has 1 heterocycles. The first-order valence-electron chi connectivity index (χ1n) is 6.33. The summed E-state index contributed by atoms with van der Waals surface area (Å²) in [7, 11) is 0. The minimum Gasteiger partial charge on any atom is -0.396 e. The first kappa shape index (κ1) is 14.8. The Hall–Kier alpha value is -1.63. The predicted octanol–water partition coefficient (Wildman–Crippen LogP) is 2.89. The van der Waals surface area contributed by atoms with Gasteiger partial charge < -0.3 is 5.11 Å². The maximum atomic E-state index is 8.75. The maximum absolute atomic E-state index is 8.75. The number of hydrogen-bond acceptors (Lipinski definition) is 3. The van der Waals surface area contributed by atoms with Crippen molar-refractivity contribution in [3.05, 3.63) is 35.5 Å². The van der Waals surface area contributed by atoms with E-state index in [2.05, 4.69) is 31.9 Å². The zero-order valence-corrected chi connectivity index (χ0v) is 13.0. The van der Waals surface area contributed by atoms with Crippen LogP contribution in [0.1, 0.15) is 30.5 Å². The molecule has 2 rings (SSSR count). The SMILES string of the molecule is OCCCCC#Cc1c(C#CI)nnc2ccccc12. The van der Waals surface area contributed by atoms with E-state index in [-0.39, 0.29) is 6.61 Å². The number of aliphatic hydroxyl groups excluding tert-OH is 1. The molecule has 0 bridgehead atoms. The summed E-state index contributed by atoms with van der Waals surface area (Å²) in [6, 6.07) is 7.79. The molecular formula is C16H13IN2O. The van der Waals surface area contributed by atoms with Crippen LogP contribution in [0.2, 0.25) is 0 Å². The first-order chi connectivity index (χ1) is 9.86. The van der Waals surface area contributed by atoms with Crippen LogP contribution in [0.15, 0.2) is 24.3 Å². The van der Waals surface area contributed by atoms with E-state index in [1.54, 1.807) is 0 Å². The van der Waals surface area contributed by atoms with Gasteiger partial charge in [-0.1, -0.05) is 30.0 Å². The second-order valence-corrected chi connectivity index (χ2v) is 4.68. The van der Waals surface area contributed by atoms with Crippen molar-refractivity contribution in [1.29, 1.82) is 0 Å². The standard InChI is InChI=1S/C16H13IN2O/c17-11-10-16-14(7-3-1-2-6-12-20)13-8-4-5-9-15(13)18-19-16/h4-5,8-9,20H,1-2,6,12H2. The van der Waals surface area contributed by atoms with Gasteiger partial charge in [0.2, 0.25) is 0 Å². The van der Waals surface area contributed by atoms with Gasteiger partial charge in [-0.25, -0.2) is 0 Å². The summed E-state index contributed by atoms with van der Waals surface area (Å²) in [6.07, 6.45) is 2.44. The highest BCUT2D eigenvalue weighted by atomic mass is 127. The van der Waals surface area contributed by atoms with E-state index in [0.717, 1.165) is 35.7 Å². The second-order valence-electron chi connectivity index (χ2n) is 4.14. The van der Waals surface area contributed by atoms with Crippen LogP contribution in [-0.2, 0) is 0 Å². The normalized spacial score (nSPS) is 9.50. The summed E-state index contributed by atoms with van der Waals surface area (Å²) in [5.41, 5.74) is 2.28. The predicted molar refractivity (Wildman–Crippen MR) is 88.3 cm³/mol. The van der Waals surface area contributed by atoms with Gasteiger partial charge in [0.25, 0.3) is 0 Å². The second kappa shape index (κ2) is 7.84. The Labute approximate surface area is 131 Å². The Kier molecular flexibility index (Phi) is 5.79. The molecule has 20 heavy (non-hydrogen) atoms. The summed E-state index contributed by atoms with van der Waals surface area (Å²) in [4.78, 5) is 0. The van der Waals surface area contributed by atoms with E-state index in [0.29, 0.717) is 5.69 Å². The van der Waals surface area contributed by atoms with Crippen molar-refractivity contribution in [2.24, 2.45) is 0 Å². The highest BCUT2D eigenvalue weighted by molar-refractivity contribution is 14.1. The van der Waals surface area contributed by atoms with Gasteiger partial charge in [0, 0.05) is 41.0 Å². The quantitative estimate of drug-likeness (QED) is 0.509. The van der Waals surface area contributed by atoms with Gasteiger partial charge >= 0.3 is 0 Å². The molecule has 0 fully saturated rings. The minimum atomic E-state index is 0.215. The van der Waals surface area contributed by atoms with Crippen molar-refractivity contribution in [1.82, 2.24) is 10.2 Å². The number of halogens is 1. The Morgan fingerprint density at radius 1 is 1.10 bits per heavy atom. The third kappa shape index (κ3) is 3.69. The van der Waals surface area contributed by atoms with Gasteiger partial charge in [-0.2, -0.15) is 0 Å². The largest absolute Gasteiger partial charge is 0.396 e. The van der Waals surface area contributed by atoms with E-state index in [1.807, 2.05) is 46.9 Å². The fraction of sp³-hybridized carbons (Fsp3) is 0.250. The number of benzene rings is 1. The fourth-order valence-corrected chi connectivity index (χ4v) is 2.04. The lowest BCUT2D eigenvalue weighted by Gasteiger charge is -2.01. The molecule has 0 aliphatic carbocycles. The third-order valence-electron chi connectivity index (χ3n) is 2.76. The van der Waals surface area contributed by atoms with Crippen molar-refractivity contribution >= 4 is 33.5 Å². The molecule has 0 radical (unpaired) electrons. The zero-order chi connectivity index (χ0) is 14.2. The van der Waals surface area contributed by atoms with Gasteiger partial charge in [0.1, 0.15) is 0 Å². The third-order valence-corrected chi connectivity index (χ3v) is 3.03. The molecule has 0 aliphatic rings. The van der Waals surface area contributed by atoms with E-state index in [9.17, 15) is 0 Å². The monoisotopic (exact) mass is 376 g/mol. The first-order valence-corrected chi connectivity index (χ1v) is 7.41. The number of fused-ring (bicyclic) bond motifs is 1. The number of rotatable bonds is 3. The number of nitrogens with zero attached hydrogens (tertiary/aromatic N) is 2. The number of aromatic nitrogens is 2. The minimum absolute atomic E-state index is 0.215. The van der Waals surface area contributed by atoms with Crippen LogP contribution >= 0.6 is 22.6 Å². The smallest absolute Gasteiger partial charge is 0.152 e. The molecular weight excluding hydrogens is 363 g/mol. The van der Waals surface area contributed by atoms with Crippen molar-refractivity contribution < 1.29 is 5.11 Å². The number of aliphatic hydroxyl groups is 1. The molecule has 0 saturated carbocycles. The van der Waals surface area contributed by atoms with Crippen LogP contribution in [0.25, 0.3) is 10.9 Å². The molecule has 4 heteroatoms. The van der Waals surface area contributed by atoms with Crippen LogP contribution < -0.4 is 0 Å². The van der Waals surface area contributed by atoms with E-state index in [4.69, 9.17) is 5.11 Å².